The molecule has 36 nitrogen and oxygen atoms in total. The van der Waals surface area contributed by atoms with E-state index in [-0.39, 0.29) is 80.3 Å². The highest BCUT2D eigenvalue weighted by Crippen LogP contribution is 2.24. The van der Waals surface area contributed by atoms with E-state index < -0.39 is 194 Å². The Hall–Kier alpha value is -13.3. The van der Waals surface area contributed by atoms with Crippen molar-refractivity contribution >= 4 is 111 Å². The van der Waals surface area contributed by atoms with Crippen LogP contribution in [0.5, 0.6) is 11.5 Å². The van der Waals surface area contributed by atoms with Crippen molar-refractivity contribution in [2.75, 3.05) is 80.1 Å². The van der Waals surface area contributed by atoms with Crippen LogP contribution < -0.4 is 53.6 Å². The van der Waals surface area contributed by atoms with Crippen LogP contribution in [0, 0.1) is 5.92 Å². The topological polar surface area (TPSA) is 512 Å². The van der Waals surface area contributed by atoms with Gasteiger partial charge in [-0.15, -0.1) is 0 Å². The molecular formula is C92H118N16O20S. The molecule has 0 bridgehead atoms. The number of ether oxygens (including phenoxy) is 1. The van der Waals surface area contributed by atoms with E-state index in [0.717, 1.165) is 26.5 Å². The zero-order chi connectivity index (χ0) is 94.1. The SMILES string of the molecule is CCCC[C@H]1C(=O)N(C)CC(=O)N[C@@H](CC(=O)O)C(=O)N[C@@H](COC)C(=O)N(C)[C@@H](Cc2ccccc2)C(=O)N[C@@H](Cc2ccc(O)cc2)C(=O)N(C)CC(=O)N[C@@H](Cc2c[nH]c3ccccc23)C(=O)N[C@@H](Cc2ccc(O)cc2)C(=O)N[C@@H](CC(C)C)C(=O)N[C@H](C(=O)NCC(N)=O)CSCC(O)N[C@@H](Cc2ccccc2)C(=O)N(C)[C@@H](Cc2ccccc2)C(=O)N1C. The third-order valence-corrected chi connectivity index (χ3v) is 23.0. The number of carbonyl (C=O) groups excluding carboxylic acids is 14. The van der Waals surface area contributed by atoms with E-state index >= 15 is 33.6 Å². The molecule has 1 unspecified atom stereocenters. The van der Waals surface area contributed by atoms with Crippen LogP contribution >= 0.6 is 11.8 Å². The van der Waals surface area contributed by atoms with Crippen LogP contribution in [0.1, 0.15) is 86.3 Å². The van der Waals surface area contributed by atoms with Crippen molar-refractivity contribution in [3.05, 3.63) is 203 Å². The van der Waals surface area contributed by atoms with E-state index in [1.807, 2.05) is 6.92 Å². The van der Waals surface area contributed by atoms with Gasteiger partial charge in [0.25, 0.3) is 0 Å². The molecule has 6 aromatic carbocycles. The Kier molecular flexibility index (Phi) is 39.0. The first-order chi connectivity index (χ1) is 61.5. The molecule has 692 valence electrons. The van der Waals surface area contributed by atoms with Crippen LogP contribution in [0.15, 0.2) is 170 Å². The molecular weight excluding hydrogens is 1680 g/mol. The summed E-state index contributed by atoms with van der Waals surface area (Å²) in [6.07, 6.45) is -1.48. The number of nitrogens with one attached hydrogen (secondary N) is 10. The normalized spacial score (nSPS) is 22.5. The van der Waals surface area contributed by atoms with Crippen LogP contribution in [0.4, 0.5) is 0 Å². The zero-order valence-corrected chi connectivity index (χ0v) is 74.6. The summed E-state index contributed by atoms with van der Waals surface area (Å²) >= 11 is 0.925. The average molecular weight is 1800 g/mol. The number of primary amides is 1. The number of likely N-dealkylation sites (N-methyl/N-ethyl adjacent to an activating group) is 5. The lowest BCUT2D eigenvalue weighted by molar-refractivity contribution is -0.151. The van der Waals surface area contributed by atoms with Gasteiger partial charge in [0.05, 0.1) is 38.7 Å². The van der Waals surface area contributed by atoms with Crippen LogP contribution in [0.3, 0.4) is 0 Å². The number of aliphatic hydroxyl groups excluding tert-OH is 1. The van der Waals surface area contributed by atoms with Crippen LogP contribution in [-0.4, -0.2) is 291 Å². The molecule has 1 aliphatic rings. The molecule has 0 aliphatic carbocycles. The molecule has 37 heteroatoms. The van der Waals surface area contributed by atoms with Crippen molar-refractivity contribution in [3.8, 4) is 11.5 Å². The number of rotatable bonds is 24. The fourth-order valence-electron chi connectivity index (χ4n) is 14.9. The molecule has 12 atom stereocenters. The van der Waals surface area contributed by atoms with Crippen molar-refractivity contribution in [3.63, 3.8) is 0 Å². The number of thioether (sulfide) groups is 1. The summed E-state index contributed by atoms with van der Waals surface area (Å²) in [4.78, 5) is 229. The number of methoxy groups -OCH3 is 1. The van der Waals surface area contributed by atoms with Gasteiger partial charge in [-0.1, -0.05) is 167 Å². The minimum Gasteiger partial charge on any atom is -0.508 e. The summed E-state index contributed by atoms with van der Waals surface area (Å²) in [5, 5.41) is 67.7. The monoisotopic (exact) mass is 1800 g/mol. The molecule has 0 spiro atoms. The molecule has 16 N–H and O–H groups in total. The van der Waals surface area contributed by atoms with Gasteiger partial charge in [-0.2, -0.15) is 11.8 Å². The number of aromatic hydroxyl groups is 2. The summed E-state index contributed by atoms with van der Waals surface area (Å²) < 4.78 is 5.43. The number of unbranched alkanes of at least 4 members (excludes halogenated alkanes) is 1. The Bertz CT molecular complexity index is 5000. The number of amides is 14. The van der Waals surface area contributed by atoms with E-state index in [4.69, 9.17) is 10.5 Å². The lowest BCUT2D eigenvalue weighted by atomic mass is 9.99. The van der Waals surface area contributed by atoms with Gasteiger partial charge >= 0.3 is 5.97 Å². The van der Waals surface area contributed by atoms with E-state index in [9.17, 15) is 58.8 Å². The second-order valence-electron chi connectivity index (χ2n) is 32.5. The summed E-state index contributed by atoms with van der Waals surface area (Å²) in [6, 6.07) is 27.2. The van der Waals surface area contributed by atoms with Gasteiger partial charge in [0.1, 0.15) is 78.1 Å². The third-order valence-electron chi connectivity index (χ3n) is 21.9. The Balaban J connectivity index is 1.21. The van der Waals surface area contributed by atoms with Gasteiger partial charge in [0, 0.05) is 103 Å². The number of phenols is 2. The molecule has 7 aromatic rings. The third kappa shape index (κ3) is 31.0. The Morgan fingerprint density at radius 3 is 1.49 bits per heavy atom. The summed E-state index contributed by atoms with van der Waals surface area (Å²) in [5.41, 5.74) is 9.14. The molecule has 0 radical (unpaired) electrons. The number of nitrogens with two attached hydrogens (primary N) is 1. The van der Waals surface area contributed by atoms with Gasteiger partial charge in [0.15, 0.2) is 0 Å². The Morgan fingerprint density at radius 2 is 0.938 bits per heavy atom. The Morgan fingerprint density at radius 1 is 0.488 bits per heavy atom. The fraction of sp³-hybridized carbons (Fsp3) is 0.424. The van der Waals surface area contributed by atoms with Gasteiger partial charge in [-0.3, -0.25) is 77.2 Å². The molecule has 1 aromatic heterocycles. The van der Waals surface area contributed by atoms with Crippen LogP contribution in [0.25, 0.3) is 10.9 Å². The number of aromatic amines is 1. The van der Waals surface area contributed by atoms with Crippen molar-refractivity contribution in [1.82, 2.24) is 77.3 Å². The number of benzene rings is 6. The molecule has 2 heterocycles. The second kappa shape index (κ2) is 49.7. The van der Waals surface area contributed by atoms with Crippen LogP contribution in [0.2, 0.25) is 0 Å². The highest BCUT2D eigenvalue weighted by Gasteiger charge is 2.42. The predicted molar refractivity (Wildman–Crippen MR) is 480 cm³/mol. The number of nitrogens with zero attached hydrogens (tertiary/aromatic N) is 5. The second-order valence-corrected chi connectivity index (χ2v) is 33.6. The largest absolute Gasteiger partial charge is 0.508 e. The quantitative estimate of drug-likeness (QED) is 0.0403. The van der Waals surface area contributed by atoms with E-state index in [1.165, 1.54) is 101 Å². The minimum absolute atomic E-state index is 0.0319. The van der Waals surface area contributed by atoms with E-state index in [1.54, 1.807) is 135 Å². The average Bonchev–Trinajstić information content (AvgIpc) is 1.73. The lowest BCUT2D eigenvalue weighted by Gasteiger charge is -2.37. The molecule has 14 amide bonds. The summed E-state index contributed by atoms with van der Waals surface area (Å²) in [7, 11) is 7.70. The van der Waals surface area contributed by atoms with E-state index in [0.29, 0.717) is 57.1 Å². The molecule has 1 aliphatic heterocycles. The number of aliphatic carboxylic acids is 1. The summed E-state index contributed by atoms with van der Waals surface area (Å²) in [5.74, 6) is -15.7. The number of carbonyl (C=O) groups is 15. The first-order valence-electron chi connectivity index (χ1n) is 42.4. The van der Waals surface area contributed by atoms with Crippen molar-refractivity contribution in [2.24, 2.45) is 11.7 Å². The number of H-pyrrole nitrogens is 1. The molecule has 1 fully saturated rings. The zero-order valence-electron chi connectivity index (χ0n) is 73.7. The smallest absolute Gasteiger partial charge is 0.305 e. The molecule has 129 heavy (non-hydrogen) atoms. The minimum atomic E-state index is -1.94. The van der Waals surface area contributed by atoms with Gasteiger partial charge in [0.2, 0.25) is 82.7 Å². The number of para-hydroxylation sites is 1. The first kappa shape index (κ1) is 101. The van der Waals surface area contributed by atoms with Crippen molar-refractivity contribution < 1.29 is 97.1 Å². The number of phenolic OH excluding ortho intramolecular Hbond substituents is 2. The van der Waals surface area contributed by atoms with Gasteiger partial charge in [-0.05, 0) is 88.9 Å². The Labute approximate surface area is 752 Å². The van der Waals surface area contributed by atoms with Gasteiger partial charge in [-0.25, -0.2) is 0 Å². The maximum atomic E-state index is 15.5. The van der Waals surface area contributed by atoms with Gasteiger partial charge < -0.3 is 103 Å². The van der Waals surface area contributed by atoms with Crippen molar-refractivity contribution in [1.29, 1.82) is 0 Å². The number of carboxylic acid groups (broad SMARTS) is 1. The van der Waals surface area contributed by atoms with E-state index in [2.05, 4.69) is 52.8 Å². The number of carboxylic acids is 1. The number of hydrogen-bond acceptors (Lipinski definition) is 21. The maximum absolute atomic E-state index is 15.5. The van der Waals surface area contributed by atoms with Crippen molar-refractivity contribution in [2.45, 2.75) is 164 Å². The molecule has 1 saturated heterocycles. The first-order valence-corrected chi connectivity index (χ1v) is 43.6. The number of aliphatic hydroxyl groups is 1. The predicted octanol–water partition coefficient (Wildman–Crippen LogP) is 1.11. The number of aromatic nitrogens is 1. The van der Waals surface area contributed by atoms with Crippen LogP contribution in [-0.2, 0) is 115 Å². The number of fused-ring (bicyclic) bond motifs is 1. The lowest BCUT2D eigenvalue weighted by Crippen LogP contribution is -2.61. The number of hydrogen-bond donors (Lipinski definition) is 15. The highest BCUT2D eigenvalue weighted by molar-refractivity contribution is 7.99. The highest BCUT2D eigenvalue weighted by atomic mass is 32.2. The molecule has 8 rings (SSSR count). The summed E-state index contributed by atoms with van der Waals surface area (Å²) in [6.45, 7) is 2.46. The molecule has 0 saturated carbocycles. The fourth-order valence-corrected chi connectivity index (χ4v) is 15.8. The maximum Gasteiger partial charge on any atom is 0.305 e. The standard InChI is InChI=1S/C92H118N16O20S/c1-10-11-31-74-91(126)105(5)51-79(113)97-69(47-81(115)116)86(121)102-72(52-128-9)90(125)107(7)75(44-57-25-17-13-18-26-57)87(122)101-70(43-60-34-38-63(110)39-35-60)88(123)104(4)50-78(112)96-68(46-61-48-94-65-30-22-21-29-64(61)65)85(120)100-67(41-59-32-36-62(109)37-33-59)84(119)99-66(40-55(2)3)83(118)103-73(82(117)95-49-77(93)111)53-129-54-80(114)98-71(42-56-23-15-12-16-24-56)89(124)108(8)76(92(127)106(74)6)45-58-27-19-14-20-28-58/h12-30,32-39,48,55,66-76,80,94,98,109-110,114H,10-11,31,40-47,49-54H2,1-9H3,(H2,93,111)(H,95,117)(H,96,112)(H,97,113)(H,99,119)(H,100,120)(H,101,122)(H,102,121)(H,103,118)(H,115,116)/t66-,67-,68-,69-,70-,71-,72-,73-,74-,75-,76-,80?/m0/s1.